The van der Waals surface area contributed by atoms with E-state index in [1.54, 1.807) is 17.5 Å². The summed E-state index contributed by atoms with van der Waals surface area (Å²) in [4.78, 5) is 22.9. The number of aromatic nitrogens is 2. The number of benzene rings is 2. The van der Waals surface area contributed by atoms with E-state index < -0.39 is 0 Å². The lowest BCUT2D eigenvalue weighted by atomic mass is 9.99. The second-order valence-electron chi connectivity index (χ2n) is 7.50. The normalized spacial score (nSPS) is 16.2. The topological polar surface area (TPSA) is 55.3 Å². The second kappa shape index (κ2) is 7.88. The van der Waals surface area contributed by atoms with E-state index in [1.165, 1.54) is 4.70 Å². The maximum absolute atomic E-state index is 11.7. The van der Waals surface area contributed by atoms with Gasteiger partial charge in [-0.05, 0) is 54.8 Å². The Morgan fingerprint density at radius 1 is 1.07 bits per heavy atom. The molecule has 2 aromatic carbocycles. The van der Waals surface area contributed by atoms with Gasteiger partial charge in [0.25, 0.3) is 0 Å². The Bertz CT molecular complexity index is 1170. The molecule has 0 amide bonds. The summed E-state index contributed by atoms with van der Waals surface area (Å²) in [6.07, 6.45) is 3.82. The molecular weight excluding hydrogens is 394 g/mol. The number of anilines is 2. The van der Waals surface area contributed by atoms with Crippen LogP contribution in [0.25, 0.3) is 10.2 Å². The van der Waals surface area contributed by atoms with E-state index in [2.05, 4.69) is 16.0 Å². The molecule has 0 N–H and O–H groups in total. The molecule has 5 nitrogen and oxygen atoms in total. The van der Waals surface area contributed by atoms with Gasteiger partial charge in [0.1, 0.15) is 11.5 Å². The number of thiazole rings is 1. The van der Waals surface area contributed by atoms with Crippen LogP contribution in [0.1, 0.15) is 30.7 Å². The Hall–Kier alpha value is -3.25. The van der Waals surface area contributed by atoms with Crippen molar-refractivity contribution in [2.45, 2.75) is 25.2 Å². The predicted molar refractivity (Wildman–Crippen MR) is 120 cm³/mol. The van der Waals surface area contributed by atoms with Crippen LogP contribution in [0.15, 0.2) is 66.9 Å². The van der Waals surface area contributed by atoms with Crippen LogP contribution >= 0.6 is 11.3 Å². The average Bonchev–Trinajstić information content (AvgIpc) is 3.40. The summed E-state index contributed by atoms with van der Waals surface area (Å²) in [5.74, 6) is 1.83. The van der Waals surface area contributed by atoms with Gasteiger partial charge in [-0.2, -0.15) is 0 Å². The molecule has 2 heterocycles. The number of ketones is 1. The van der Waals surface area contributed by atoms with E-state index in [4.69, 9.17) is 9.72 Å². The first-order chi connectivity index (χ1) is 14.7. The van der Waals surface area contributed by atoms with Gasteiger partial charge in [0.2, 0.25) is 5.88 Å². The molecule has 6 heteroatoms. The van der Waals surface area contributed by atoms with Gasteiger partial charge in [-0.15, -0.1) is 0 Å². The van der Waals surface area contributed by atoms with Crippen molar-refractivity contribution in [1.29, 1.82) is 0 Å². The first kappa shape index (κ1) is 18.8. The van der Waals surface area contributed by atoms with Gasteiger partial charge >= 0.3 is 0 Å². The average molecular weight is 416 g/mol. The molecule has 0 spiro atoms. The minimum Gasteiger partial charge on any atom is -0.439 e. The maximum Gasteiger partial charge on any atom is 0.222 e. The van der Waals surface area contributed by atoms with Gasteiger partial charge < -0.3 is 9.64 Å². The van der Waals surface area contributed by atoms with Gasteiger partial charge in [-0.3, -0.25) is 4.79 Å². The van der Waals surface area contributed by atoms with Crippen LogP contribution in [-0.2, 0) is 4.79 Å². The second-order valence-corrected chi connectivity index (χ2v) is 8.50. The largest absolute Gasteiger partial charge is 0.439 e. The molecule has 0 bridgehead atoms. The van der Waals surface area contributed by atoms with Crippen LogP contribution in [0.4, 0.5) is 10.8 Å². The summed E-state index contributed by atoms with van der Waals surface area (Å²) in [6.45, 7) is 0. The Balaban J connectivity index is 1.35. The van der Waals surface area contributed by atoms with Crippen molar-refractivity contribution in [3.63, 3.8) is 0 Å². The van der Waals surface area contributed by atoms with Crippen LogP contribution in [0.2, 0.25) is 0 Å². The van der Waals surface area contributed by atoms with Gasteiger partial charge in [-0.1, -0.05) is 29.5 Å². The first-order valence-corrected chi connectivity index (χ1v) is 10.8. The number of carbonyl (C=O) groups excluding carboxylic acids is 1. The third-order valence-electron chi connectivity index (χ3n) is 5.49. The molecule has 30 heavy (non-hydrogen) atoms. The summed E-state index contributed by atoms with van der Waals surface area (Å²) in [5, 5.41) is 0.947. The Morgan fingerprint density at radius 2 is 1.90 bits per heavy atom. The van der Waals surface area contributed by atoms with Crippen molar-refractivity contribution < 1.29 is 9.53 Å². The van der Waals surface area contributed by atoms with Crippen molar-refractivity contribution in [1.82, 2.24) is 9.97 Å². The molecule has 0 radical (unpaired) electrons. The highest BCUT2D eigenvalue weighted by molar-refractivity contribution is 7.22. The third kappa shape index (κ3) is 3.66. The first-order valence-electron chi connectivity index (χ1n) is 10.0. The number of para-hydroxylation sites is 1. The zero-order valence-corrected chi connectivity index (χ0v) is 17.4. The van der Waals surface area contributed by atoms with E-state index in [1.807, 2.05) is 61.6 Å². The van der Waals surface area contributed by atoms with Crippen LogP contribution in [0.3, 0.4) is 0 Å². The number of pyridine rings is 1. The minimum atomic E-state index is 0.200. The molecule has 5 rings (SSSR count). The summed E-state index contributed by atoms with van der Waals surface area (Å²) < 4.78 is 7.27. The summed E-state index contributed by atoms with van der Waals surface area (Å²) in [6, 6.07) is 20.0. The Labute approximate surface area is 179 Å². The zero-order chi connectivity index (χ0) is 20.5. The van der Waals surface area contributed by atoms with E-state index in [-0.39, 0.29) is 5.92 Å². The highest BCUT2D eigenvalue weighted by atomic mass is 32.1. The number of hydrogen-bond donors (Lipinski definition) is 0. The number of nitrogens with zero attached hydrogens (tertiary/aromatic N) is 3. The monoisotopic (exact) mass is 415 g/mol. The van der Waals surface area contributed by atoms with Crippen molar-refractivity contribution in [3.8, 4) is 11.6 Å². The number of fused-ring (bicyclic) bond motifs is 1. The maximum atomic E-state index is 11.7. The quantitative estimate of drug-likeness (QED) is 0.395. The van der Waals surface area contributed by atoms with Crippen LogP contribution in [0, 0.1) is 0 Å². The molecule has 2 aromatic heterocycles. The summed E-state index contributed by atoms with van der Waals surface area (Å²) in [7, 11) is 2.02. The summed E-state index contributed by atoms with van der Waals surface area (Å²) in [5.41, 5.74) is 3.06. The molecule has 1 aliphatic rings. The number of ether oxygens (including phenoxy) is 1. The lowest BCUT2D eigenvalue weighted by Crippen LogP contribution is -2.08. The van der Waals surface area contributed by atoms with Crippen molar-refractivity contribution in [2.24, 2.45) is 0 Å². The van der Waals surface area contributed by atoms with Crippen molar-refractivity contribution in [2.75, 3.05) is 11.9 Å². The fourth-order valence-electron chi connectivity index (χ4n) is 3.84. The van der Waals surface area contributed by atoms with Crippen molar-refractivity contribution in [3.05, 3.63) is 72.4 Å². The van der Waals surface area contributed by atoms with E-state index >= 15 is 0 Å². The fourth-order valence-corrected chi connectivity index (χ4v) is 4.79. The number of rotatable bonds is 5. The molecule has 4 aromatic rings. The van der Waals surface area contributed by atoms with Crippen molar-refractivity contribution >= 4 is 38.2 Å². The Kier molecular flexibility index (Phi) is 4.93. The van der Waals surface area contributed by atoms with Gasteiger partial charge in [-0.25, -0.2) is 9.97 Å². The lowest BCUT2D eigenvalue weighted by molar-refractivity contribution is -0.117. The predicted octanol–water partition coefficient (Wildman–Crippen LogP) is 6.09. The van der Waals surface area contributed by atoms with Gasteiger partial charge in [0.05, 0.1) is 10.2 Å². The molecule has 0 unspecified atom stereocenters. The van der Waals surface area contributed by atoms with E-state index in [0.29, 0.717) is 24.5 Å². The van der Waals surface area contributed by atoms with E-state index in [0.717, 1.165) is 34.1 Å². The molecule has 150 valence electrons. The lowest BCUT2D eigenvalue weighted by Gasteiger charge is -2.17. The Morgan fingerprint density at radius 3 is 2.67 bits per heavy atom. The van der Waals surface area contributed by atoms with Crippen LogP contribution < -0.4 is 9.64 Å². The van der Waals surface area contributed by atoms with Crippen LogP contribution in [0.5, 0.6) is 11.6 Å². The number of hydrogen-bond acceptors (Lipinski definition) is 6. The number of Topliss-reactive ketones (excluding diaryl/α,β-unsaturated/α-hetero) is 1. The molecule has 1 aliphatic carbocycles. The molecule has 1 saturated carbocycles. The summed E-state index contributed by atoms with van der Waals surface area (Å²) >= 11 is 1.67. The van der Waals surface area contributed by atoms with E-state index in [9.17, 15) is 4.79 Å². The smallest absolute Gasteiger partial charge is 0.222 e. The fraction of sp³-hybridized carbons (Fsp3) is 0.208. The SMILES string of the molecule is CN(c1ccc(Oc2ncccc2[C@@H]2CCC(=O)C2)cc1)c1nc2ccccc2s1. The molecule has 1 fully saturated rings. The number of carbonyl (C=O) groups is 1. The van der Waals surface area contributed by atoms with Crippen LogP contribution in [-0.4, -0.2) is 22.8 Å². The minimum absolute atomic E-state index is 0.200. The molecule has 1 atom stereocenters. The molecular formula is C24H21N3O2S. The molecule has 0 aliphatic heterocycles. The molecule has 0 saturated heterocycles. The zero-order valence-electron chi connectivity index (χ0n) is 16.6. The van der Waals surface area contributed by atoms with Gasteiger partial charge in [0.15, 0.2) is 5.13 Å². The highest BCUT2D eigenvalue weighted by Gasteiger charge is 2.26. The highest BCUT2D eigenvalue weighted by Crippen LogP contribution is 2.38. The third-order valence-corrected chi connectivity index (χ3v) is 6.61. The van der Waals surface area contributed by atoms with Gasteiger partial charge in [0, 0.05) is 37.3 Å². The standard InChI is InChI=1S/C24H21N3O2S/c1-27(24-26-21-6-2-3-7-22(21)30-24)17-9-12-19(13-10-17)29-23-20(5-4-14-25-23)16-8-11-18(28)15-16/h2-7,9-10,12-14,16H,8,11,15H2,1H3/t16-/m1/s1.